The topological polar surface area (TPSA) is 72.5 Å². The smallest absolute Gasteiger partial charge is 0.433 e. The second kappa shape index (κ2) is 7.94. The molecule has 1 aliphatic carbocycles. The van der Waals surface area contributed by atoms with Gasteiger partial charge in [-0.2, -0.15) is 36.4 Å². The number of halogens is 6. The van der Waals surface area contributed by atoms with E-state index in [0.717, 1.165) is 37.7 Å². The summed E-state index contributed by atoms with van der Waals surface area (Å²) in [5.41, 5.74) is -0.580. The third-order valence-electron chi connectivity index (χ3n) is 6.32. The van der Waals surface area contributed by atoms with E-state index in [-0.39, 0.29) is 23.8 Å². The Hall–Kier alpha value is -3.19. The van der Waals surface area contributed by atoms with Gasteiger partial charge < -0.3 is 15.0 Å². The Kier molecular flexibility index (Phi) is 5.28. The molecule has 0 spiro atoms. The van der Waals surface area contributed by atoms with Crippen LogP contribution in [0.15, 0.2) is 24.5 Å². The highest BCUT2D eigenvalue weighted by Gasteiger charge is 2.43. The van der Waals surface area contributed by atoms with E-state index in [4.69, 9.17) is 4.74 Å². The van der Waals surface area contributed by atoms with Crippen molar-refractivity contribution in [3.8, 4) is 5.75 Å². The van der Waals surface area contributed by atoms with Gasteiger partial charge in [-0.25, -0.2) is 4.52 Å². The first kappa shape index (κ1) is 22.6. The molecular formula is C20H21F6N7O. The maximum absolute atomic E-state index is 13.5. The number of aryl methyl sites for hydroxylation is 1. The van der Waals surface area contributed by atoms with Crippen LogP contribution in [-0.2, 0) is 13.2 Å². The quantitative estimate of drug-likeness (QED) is 0.551. The molecule has 5 rings (SSSR count). The average molecular weight is 489 g/mol. The maximum atomic E-state index is 13.5. The summed E-state index contributed by atoms with van der Waals surface area (Å²) in [5.74, 6) is -0.104. The minimum absolute atomic E-state index is 0.0702. The molecule has 184 valence electrons. The Bertz CT molecular complexity index is 1170. The molecule has 0 amide bonds. The molecular weight excluding hydrogens is 468 g/mol. The SMILES string of the molecule is Cn1cc(N2CC3CCC(C2)C3Nc2nc3c(OCC(F)(F)F)ccc(C(F)(F)F)n3n2)cn1. The molecule has 8 nitrogen and oxygen atoms in total. The van der Waals surface area contributed by atoms with Gasteiger partial charge >= 0.3 is 12.4 Å². The van der Waals surface area contributed by atoms with E-state index in [0.29, 0.717) is 10.6 Å². The molecule has 2 aliphatic rings. The third kappa shape index (κ3) is 4.32. The van der Waals surface area contributed by atoms with Gasteiger partial charge in [0.05, 0.1) is 11.9 Å². The van der Waals surface area contributed by atoms with Crippen LogP contribution in [0.4, 0.5) is 38.0 Å². The number of hydrogen-bond donors (Lipinski definition) is 1. The zero-order valence-corrected chi connectivity index (χ0v) is 17.9. The van der Waals surface area contributed by atoms with Gasteiger partial charge in [-0.3, -0.25) is 4.68 Å². The van der Waals surface area contributed by atoms with Crippen LogP contribution >= 0.6 is 0 Å². The van der Waals surface area contributed by atoms with E-state index in [9.17, 15) is 26.3 Å². The summed E-state index contributed by atoms with van der Waals surface area (Å²) >= 11 is 0. The van der Waals surface area contributed by atoms with Crippen molar-refractivity contribution in [3.63, 3.8) is 0 Å². The molecule has 4 heterocycles. The Morgan fingerprint density at radius 3 is 2.38 bits per heavy atom. The van der Waals surface area contributed by atoms with Crippen molar-refractivity contribution < 1.29 is 31.1 Å². The van der Waals surface area contributed by atoms with E-state index in [2.05, 4.69) is 25.4 Å². The fourth-order valence-electron chi connectivity index (χ4n) is 4.88. The lowest BCUT2D eigenvalue weighted by Gasteiger charge is -2.38. The molecule has 0 aromatic carbocycles. The van der Waals surface area contributed by atoms with Crippen molar-refractivity contribution in [1.82, 2.24) is 24.4 Å². The van der Waals surface area contributed by atoms with Gasteiger partial charge in [0.1, 0.15) is 5.69 Å². The van der Waals surface area contributed by atoms with Crippen molar-refractivity contribution in [2.24, 2.45) is 18.9 Å². The maximum Gasteiger partial charge on any atom is 0.433 e. The lowest BCUT2D eigenvalue weighted by atomic mass is 9.92. The normalized spacial score (nSPS) is 23.0. The molecule has 14 heteroatoms. The van der Waals surface area contributed by atoms with Gasteiger partial charge in [-0.1, -0.05) is 0 Å². The summed E-state index contributed by atoms with van der Waals surface area (Å²) in [6.07, 6.45) is -3.85. The second-order valence-electron chi connectivity index (χ2n) is 8.70. The fraction of sp³-hybridized carbons (Fsp3) is 0.550. The Balaban J connectivity index is 1.41. The number of hydrogen-bond acceptors (Lipinski definition) is 6. The van der Waals surface area contributed by atoms with Crippen molar-refractivity contribution in [2.45, 2.75) is 31.2 Å². The highest BCUT2D eigenvalue weighted by atomic mass is 19.4. The van der Waals surface area contributed by atoms with E-state index in [1.165, 1.54) is 0 Å². The number of aromatic nitrogens is 5. The molecule has 1 aliphatic heterocycles. The number of anilines is 2. The molecule has 1 saturated carbocycles. The van der Waals surface area contributed by atoms with Crippen LogP contribution in [0.3, 0.4) is 0 Å². The summed E-state index contributed by atoms with van der Waals surface area (Å²) < 4.78 is 85.2. The first-order valence-corrected chi connectivity index (χ1v) is 10.6. The van der Waals surface area contributed by atoms with Crippen LogP contribution in [0.5, 0.6) is 5.75 Å². The van der Waals surface area contributed by atoms with Gasteiger partial charge in [-0.15, -0.1) is 5.10 Å². The molecule has 2 unspecified atom stereocenters. The third-order valence-corrected chi connectivity index (χ3v) is 6.32. The van der Waals surface area contributed by atoms with E-state index >= 15 is 0 Å². The summed E-state index contributed by atoms with van der Waals surface area (Å²) in [5, 5.41) is 11.3. The number of piperidine rings is 1. The molecule has 0 radical (unpaired) electrons. The number of fused-ring (bicyclic) bond motifs is 3. The predicted octanol–water partition coefficient (Wildman–Crippen LogP) is 3.75. The number of nitrogens with zero attached hydrogens (tertiary/aromatic N) is 6. The highest BCUT2D eigenvalue weighted by Crippen LogP contribution is 2.40. The molecule has 3 aromatic rings. The first-order chi connectivity index (χ1) is 16.0. The van der Waals surface area contributed by atoms with Crippen molar-refractivity contribution in [3.05, 3.63) is 30.2 Å². The lowest BCUT2D eigenvalue weighted by Crippen LogP contribution is -2.48. The van der Waals surface area contributed by atoms with Gasteiger partial charge in [0.2, 0.25) is 5.95 Å². The van der Waals surface area contributed by atoms with Crippen LogP contribution < -0.4 is 15.0 Å². The molecule has 2 bridgehead atoms. The van der Waals surface area contributed by atoms with Crippen molar-refractivity contribution in [1.29, 1.82) is 0 Å². The zero-order valence-electron chi connectivity index (χ0n) is 17.9. The number of pyridine rings is 1. The number of alkyl halides is 6. The first-order valence-electron chi connectivity index (χ1n) is 10.6. The van der Waals surface area contributed by atoms with Gasteiger partial charge in [-0.05, 0) is 36.8 Å². The van der Waals surface area contributed by atoms with Crippen LogP contribution in [0.2, 0.25) is 0 Å². The molecule has 2 fully saturated rings. The predicted molar refractivity (Wildman–Crippen MR) is 109 cm³/mol. The summed E-state index contributed by atoms with van der Waals surface area (Å²) in [4.78, 5) is 6.31. The summed E-state index contributed by atoms with van der Waals surface area (Å²) in [6, 6.07) is 1.39. The highest BCUT2D eigenvalue weighted by molar-refractivity contribution is 5.57. The Morgan fingerprint density at radius 2 is 1.79 bits per heavy atom. The summed E-state index contributed by atoms with van der Waals surface area (Å²) in [7, 11) is 1.84. The van der Waals surface area contributed by atoms with Crippen LogP contribution in [-0.4, -0.2) is 56.3 Å². The number of rotatable bonds is 5. The molecule has 1 N–H and O–H groups in total. The van der Waals surface area contributed by atoms with Crippen molar-refractivity contribution in [2.75, 3.05) is 29.9 Å². The molecule has 2 atom stereocenters. The lowest BCUT2D eigenvalue weighted by molar-refractivity contribution is -0.153. The van der Waals surface area contributed by atoms with E-state index in [1.807, 2.05) is 13.2 Å². The van der Waals surface area contributed by atoms with Crippen LogP contribution in [0.1, 0.15) is 18.5 Å². The van der Waals surface area contributed by atoms with Gasteiger partial charge in [0, 0.05) is 32.4 Å². The zero-order chi connectivity index (χ0) is 24.3. The van der Waals surface area contributed by atoms with Crippen LogP contribution in [0, 0.1) is 11.8 Å². The molecule has 3 aromatic heterocycles. The molecule has 1 saturated heterocycles. The van der Waals surface area contributed by atoms with E-state index < -0.39 is 36.1 Å². The van der Waals surface area contributed by atoms with Crippen molar-refractivity contribution >= 4 is 17.3 Å². The van der Waals surface area contributed by atoms with Gasteiger partial charge in [0.15, 0.2) is 18.0 Å². The molecule has 34 heavy (non-hydrogen) atoms. The second-order valence-corrected chi connectivity index (χ2v) is 8.70. The van der Waals surface area contributed by atoms with E-state index in [1.54, 1.807) is 10.9 Å². The Labute approximate surface area is 189 Å². The number of nitrogens with one attached hydrogen (secondary N) is 1. The Morgan fingerprint density at radius 1 is 1.09 bits per heavy atom. The minimum atomic E-state index is -4.78. The monoisotopic (exact) mass is 489 g/mol. The fourth-order valence-corrected chi connectivity index (χ4v) is 4.88. The van der Waals surface area contributed by atoms with Gasteiger partial charge in [0.25, 0.3) is 0 Å². The standard InChI is InChI=1S/C20H21F6N7O/c1-31-9-13(6-27-31)32-7-11-2-3-12(8-32)16(11)28-18-29-17-14(34-10-19(21,22)23)4-5-15(20(24,25)26)33(17)30-18/h4-6,9,11-12,16H,2-3,7-8,10H2,1H3,(H,28,30). The number of ether oxygens (including phenoxy) is 1. The average Bonchev–Trinajstić information content (AvgIpc) is 3.41. The minimum Gasteiger partial charge on any atom is -0.480 e. The summed E-state index contributed by atoms with van der Waals surface area (Å²) in [6.45, 7) is -0.178. The van der Waals surface area contributed by atoms with Crippen LogP contribution in [0.25, 0.3) is 5.65 Å². The largest absolute Gasteiger partial charge is 0.480 e.